The Kier molecular flexibility index (Phi) is 6.17. The fraction of sp³-hybridized carbons (Fsp3) is 0.312. The maximum absolute atomic E-state index is 11.9. The number of rotatable bonds is 7. The Morgan fingerprint density at radius 3 is 2.87 bits per heavy atom. The molecule has 0 spiro atoms. The third-order valence-corrected chi connectivity index (χ3v) is 3.05. The lowest BCUT2D eigenvalue weighted by atomic mass is 10.3. The van der Waals surface area contributed by atoms with E-state index in [2.05, 4.69) is 15.7 Å². The van der Waals surface area contributed by atoms with E-state index in [4.69, 9.17) is 4.74 Å². The molecule has 7 nitrogen and oxygen atoms in total. The van der Waals surface area contributed by atoms with Crippen LogP contribution in [0.4, 0.5) is 10.5 Å². The van der Waals surface area contributed by atoms with Crippen LogP contribution in [-0.2, 0) is 6.54 Å². The Bertz CT molecular complexity index is 699. The van der Waals surface area contributed by atoms with E-state index in [0.29, 0.717) is 37.6 Å². The summed E-state index contributed by atoms with van der Waals surface area (Å²) in [5.74, 6) is 0.630. The molecule has 2 N–H and O–H groups in total. The van der Waals surface area contributed by atoms with Crippen molar-refractivity contribution in [3.8, 4) is 5.75 Å². The molecule has 0 aliphatic rings. The first-order chi connectivity index (χ1) is 11.2. The van der Waals surface area contributed by atoms with Gasteiger partial charge in [0.1, 0.15) is 5.75 Å². The predicted octanol–water partition coefficient (Wildman–Crippen LogP) is 1.85. The molecule has 122 valence electrons. The molecule has 0 saturated carbocycles. The quantitative estimate of drug-likeness (QED) is 0.763. The molecule has 0 radical (unpaired) electrons. The average molecular weight is 316 g/mol. The first kappa shape index (κ1) is 16.5. The van der Waals surface area contributed by atoms with Crippen molar-refractivity contribution in [1.29, 1.82) is 0 Å². The highest BCUT2D eigenvalue weighted by Gasteiger charge is 2.06. The van der Waals surface area contributed by atoms with Crippen LogP contribution in [0.5, 0.6) is 5.75 Å². The van der Waals surface area contributed by atoms with Gasteiger partial charge in [-0.25, -0.2) is 9.48 Å². The lowest BCUT2D eigenvalue weighted by Gasteiger charge is -2.12. The second-order valence-corrected chi connectivity index (χ2v) is 4.75. The fourth-order valence-electron chi connectivity index (χ4n) is 2.00. The van der Waals surface area contributed by atoms with Gasteiger partial charge in [-0.1, -0.05) is 12.1 Å². The summed E-state index contributed by atoms with van der Waals surface area (Å²) in [6.07, 6.45) is 2.17. The van der Waals surface area contributed by atoms with E-state index in [1.54, 1.807) is 24.4 Å². The molecule has 0 unspecified atom stereocenters. The SMILES string of the molecule is CCOc1ccccc1NC(=O)NCCCn1ncccc1=O. The lowest BCUT2D eigenvalue weighted by Crippen LogP contribution is -2.31. The van der Waals surface area contributed by atoms with Gasteiger partial charge in [0.05, 0.1) is 12.3 Å². The molecule has 1 heterocycles. The summed E-state index contributed by atoms with van der Waals surface area (Å²) in [4.78, 5) is 23.4. The minimum Gasteiger partial charge on any atom is -0.492 e. The normalized spacial score (nSPS) is 10.1. The number of amides is 2. The topological polar surface area (TPSA) is 85.2 Å². The zero-order valence-corrected chi connectivity index (χ0v) is 13.0. The zero-order valence-electron chi connectivity index (χ0n) is 13.0. The molecule has 7 heteroatoms. The summed E-state index contributed by atoms with van der Waals surface area (Å²) >= 11 is 0. The molecule has 0 fully saturated rings. The van der Waals surface area contributed by atoms with E-state index in [0.717, 1.165) is 0 Å². The molecule has 2 rings (SSSR count). The number of urea groups is 1. The van der Waals surface area contributed by atoms with Gasteiger partial charge in [-0.15, -0.1) is 0 Å². The van der Waals surface area contributed by atoms with E-state index >= 15 is 0 Å². The number of para-hydroxylation sites is 2. The van der Waals surface area contributed by atoms with E-state index in [1.807, 2.05) is 19.1 Å². The minimum absolute atomic E-state index is 0.150. The molecule has 0 saturated heterocycles. The number of aryl methyl sites for hydroxylation is 1. The van der Waals surface area contributed by atoms with Gasteiger partial charge >= 0.3 is 6.03 Å². The van der Waals surface area contributed by atoms with Gasteiger partial charge in [-0.3, -0.25) is 4.79 Å². The van der Waals surface area contributed by atoms with E-state index in [9.17, 15) is 9.59 Å². The summed E-state index contributed by atoms with van der Waals surface area (Å²) in [5.41, 5.74) is 0.468. The molecule has 0 bridgehead atoms. The number of ether oxygens (including phenoxy) is 1. The highest BCUT2D eigenvalue weighted by molar-refractivity contribution is 5.90. The molecular weight excluding hydrogens is 296 g/mol. The number of hydrogen-bond donors (Lipinski definition) is 2. The number of anilines is 1. The molecule has 2 amide bonds. The molecule has 0 aliphatic carbocycles. The van der Waals surface area contributed by atoms with Crippen molar-refractivity contribution >= 4 is 11.7 Å². The molecule has 23 heavy (non-hydrogen) atoms. The number of aromatic nitrogens is 2. The van der Waals surface area contributed by atoms with Crippen LogP contribution >= 0.6 is 0 Å². The van der Waals surface area contributed by atoms with Crippen LogP contribution in [0.3, 0.4) is 0 Å². The number of carbonyl (C=O) groups is 1. The van der Waals surface area contributed by atoms with Crippen molar-refractivity contribution < 1.29 is 9.53 Å². The van der Waals surface area contributed by atoms with Crippen molar-refractivity contribution in [2.45, 2.75) is 19.9 Å². The van der Waals surface area contributed by atoms with E-state index in [-0.39, 0.29) is 11.6 Å². The summed E-state index contributed by atoms with van der Waals surface area (Å²) < 4.78 is 6.81. The van der Waals surface area contributed by atoms with Crippen molar-refractivity contribution in [2.24, 2.45) is 0 Å². The Labute approximate surface area is 134 Å². The standard InChI is InChI=1S/C16H20N4O3/c1-2-23-14-8-4-3-7-13(14)19-16(22)17-10-6-12-20-15(21)9-5-11-18-20/h3-5,7-9,11H,2,6,10,12H2,1H3,(H2,17,19,22). The average Bonchev–Trinajstić information content (AvgIpc) is 2.55. The Hall–Kier alpha value is -2.83. The van der Waals surface area contributed by atoms with Gasteiger partial charge in [0.15, 0.2) is 0 Å². The second-order valence-electron chi connectivity index (χ2n) is 4.75. The number of carbonyl (C=O) groups excluding carboxylic acids is 1. The van der Waals surface area contributed by atoms with Gasteiger partial charge in [0.25, 0.3) is 5.56 Å². The number of benzene rings is 1. The fourth-order valence-corrected chi connectivity index (χ4v) is 2.00. The van der Waals surface area contributed by atoms with Crippen LogP contribution < -0.4 is 20.9 Å². The van der Waals surface area contributed by atoms with Gasteiger partial charge in [-0.05, 0) is 31.5 Å². The van der Waals surface area contributed by atoms with E-state index < -0.39 is 0 Å². The van der Waals surface area contributed by atoms with Crippen molar-refractivity contribution in [3.63, 3.8) is 0 Å². The van der Waals surface area contributed by atoms with Crippen molar-refractivity contribution in [1.82, 2.24) is 15.1 Å². The summed E-state index contributed by atoms with van der Waals surface area (Å²) in [5, 5.41) is 9.44. The summed E-state index contributed by atoms with van der Waals surface area (Å²) in [7, 11) is 0. The molecule has 2 aromatic rings. The maximum Gasteiger partial charge on any atom is 0.319 e. The summed E-state index contributed by atoms with van der Waals surface area (Å²) in [6, 6.07) is 9.98. The van der Waals surface area contributed by atoms with Crippen LogP contribution in [0.25, 0.3) is 0 Å². The van der Waals surface area contributed by atoms with Crippen LogP contribution in [0.1, 0.15) is 13.3 Å². The van der Waals surface area contributed by atoms with Crippen LogP contribution in [0.2, 0.25) is 0 Å². The monoisotopic (exact) mass is 316 g/mol. The highest BCUT2D eigenvalue weighted by atomic mass is 16.5. The maximum atomic E-state index is 11.9. The van der Waals surface area contributed by atoms with Gasteiger partial charge in [-0.2, -0.15) is 5.10 Å². The van der Waals surface area contributed by atoms with Crippen LogP contribution in [-0.4, -0.2) is 29.0 Å². The van der Waals surface area contributed by atoms with E-state index in [1.165, 1.54) is 10.7 Å². The lowest BCUT2D eigenvalue weighted by molar-refractivity contribution is 0.251. The zero-order chi connectivity index (χ0) is 16.5. The first-order valence-corrected chi connectivity index (χ1v) is 7.49. The molecule has 1 aromatic carbocycles. The molecule has 0 aliphatic heterocycles. The highest BCUT2D eigenvalue weighted by Crippen LogP contribution is 2.23. The minimum atomic E-state index is -0.314. The Balaban J connectivity index is 1.77. The first-order valence-electron chi connectivity index (χ1n) is 7.49. The largest absolute Gasteiger partial charge is 0.492 e. The van der Waals surface area contributed by atoms with Gasteiger partial charge in [0, 0.05) is 25.4 Å². The van der Waals surface area contributed by atoms with Crippen molar-refractivity contribution in [3.05, 3.63) is 52.9 Å². The third-order valence-electron chi connectivity index (χ3n) is 3.05. The number of hydrogen-bond acceptors (Lipinski definition) is 4. The molecule has 0 atom stereocenters. The van der Waals surface area contributed by atoms with Gasteiger partial charge in [0.2, 0.25) is 0 Å². The molecule has 1 aromatic heterocycles. The second kappa shape index (κ2) is 8.57. The van der Waals surface area contributed by atoms with Crippen LogP contribution in [0, 0.1) is 0 Å². The Morgan fingerprint density at radius 1 is 1.26 bits per heavy atom. The van der Waals surface area contributed by atoms with Crippen LogP contribution in [0.15, 0.2) is 47.4 Å². The Morgan fingerprint density at radius 2 is 2.09 bits per heavy atom. The smallest absolute Gasteiger partial charge is 0.319 e. The van der Waals surface area contributed by atoms with Crippen molar-refractivity contribution in [2.75, 3.05) is 18.5 Å². The summed E-state index contributed by atoms with van der Waals surface area (Å²) in [6.45, 7) is 3.30. The molecular formula is C16H20N4O3. The predicted molar refractivity (Wildman–Crippen MR) is 87.7 cm³/mol. The number of nitrogens with one attached hydrogen (secondary N) is 2. The number of nitrogens with zero attached hydrogens (tertiary/aromatic N) is 2. The third kappa shape index (κ3) is 5.14. The van der Waals surface area contributed by atoms with Gasteiger partial charge < -0.3 is 15.4 Å².